The highest BCUT2D eigenvalue weighted by Gasteiger charge is 2.31. The van der Waals surface area contributed by atoms with Gasteiger partial charge in [-0.3, -0.25) is 0 Å². The number of aliphatic hydroxyl groups excluding tert-OH is 1. The lowest BCUT2D eigenvalue weighted by Crippen LogP contribution is -2.42. The topological polar surface area (TPSA) is 75.8 Å². The Morgan fingerprint density at radius 3 is 2.61 bits per heavy atom. The average molecular weight is 258 g/mol. The smallest absolute Gasteiger partial charge is 0.410 e. The van der Waals surface area contributed by atoms with E-state index in [1.165, 1.54) is 0 Å². The van der Waals surface area contributed by atoms with E-state index in [9.17, 15) is 4.79 Å². The van der Waals surface area contributed by atoms with Gasteiger partial charge in [-0.25, -0.2) is 4.79 Å². The van der Waals surface area contributed by atoms with Crippen LogP contribution in [0, 0.1) is 0 Å². The first-order chi connectivity index (χ1) is 8.26. The van der Waals surface area contributed by atoms with E-state index < -0.39 is 5.60 Å². The largest absolute Gasteiger partial charge is 0.444 e. The Kier molecular flexibility index (Phi) is 4.99. The zero-order valence-corrected chi connectivity index (χ0v) is 11.7. The molecule has 1 aliphatic heterocycles. The summed E-state index contributed by atoms with van der Waals surface area (Å²) in [6.45, 7) is 6.97. The second-order valence-corrected chi connectivity index (χ2v) is 6.16. The van der Waals surface area contributed by atoms with Crippen molar-refractivity contribution >= 4 is 6.09 Å². The number of nitrogens with two attached hydrogens (primary N) is 1. The van der Waals surface area contributed by atoms with Crippen LogP contribution in [0.4, 0.5) is 4.79 Å². The number of carbonyl (C=O) groups excluding carboxylic acids is 1. The number of rotatable bonds is 2. The van der Waals surface area contributed by atoms with Gasteiger partial charge in [0.25, 0.3) is 0 Å². The summed E-state index contributed by atoms with van der Waals surface area (Å²) in [4.78, 5) is 13.7. The van der Waals surface area contributed by atoms with Gasteiger partial charge in [0.1, 0.15) is 5.60 Å². The molecular formula is C13H26N2O3. The van der Waals surface area contributed by atoms with E-state index in [4.69, 9.17) is 15.6 Å². The standard InChI is InChI=1S/C13H26N2O3/c1-12(2,3)18-11(17)15-8-4-5-13(14,6-9-15)7-10-16/h16H,4-10,14H2,1-3H3. The van der Waals surface area contributed by atoms with E-state index in [0.717, 1.165) is 12.8 Å². The normalized spacial score (nSPS) is 25.7. The lowest BCUT2D eigenvalue weighted by molar-refractivity contribution is 0.0254. The van der Waals surface area contributed by atoms with Crippen LogP contribution in [0.5, 0.6) is 0 Å². The first-order valence-corrected chi connectivity index (χ1v) is 6.63. The van der Waals surface area contributed by atoms with Gasteiger partial charge in [-0.15, -0.1) is 0 Å². The lowest BCUT2D eigenvalue weighted by Gasteiger charge is -2.28. The predicted molar refractivity (Wildman–Crippen MR) is 70.3 cm³/mol. The van der Waals surface area contributed by atoms with Crippen LogP contribution in [0.3, 0.4) is 0 Å². The molecule has 0 saturated carbocycles. The van der Waals surface area contributed by atoms with E-state index in [0.29, 0.717) is 25.9 Å². The second-order valence-electron chi connectivity index (χ2n) is 6.16. The number of ether oxygens (including phenoxy) is 1. The van der Waals surface area contributed by atoms with E-state index in [2.05, 4.69) is 0 Å². The zero-order chi connectivity index (χ0) is 13.8. The quantitative estimate of drug-likeness (QED) is 0.786. The SMILES string of the molecule is CC(C)(C)OC(=O)N1CCCC(N)(CCO)CC1. The minimum Gasteiger partial charge on any atom is -0.444 e. The fourth-order valence-corrected chi connectivity index (χ4v) is 2.20. The highest BCUT2D eigenvalue weighted by Crippen LogP contribution is 2.24. The Labute approximate surface area is 109 Å². The Bertz CT molecular complexity index is 288. The third-order valence-corrected chi connectivity index (χ3v) is 3.24. The Hall–Kier alpha value is -0.810. The van der Waals surface area contributed by atoms with E-state index in [1.807, 2.05) is 20.8 Å². The minimum atomic E-state index is -0.464. The van der Waals surface area contributed by atoms with Crippen LogP contribution in [0.2, 0.25) is 0 Å². The van der Waals surface area contributed by atoms with Crippen LogP contribution in [0.15, 0.2) is 0 Å². The highest BCUT2D eigenvalue weighted by molar-refractivity contribution is 5.68. The monoisotopic (exact) mass is 258 g/mol. The lowest BCUT2D eigenvalue weighted by atomic mass is 9.89. The maximum absolute atomic E-state index is 11.9. The van der Waals surface area contributed by atoms with Gasteiger partial charge in [0, 0.05) is 25.2 Å². The van der Waals surface area contributed by atoms with Crippen LogP contribution in [0.25, 0.3) is 0 Å². The first-order valence-electron chi connectivity index (χ1n) is 6.63. The van der Waals surface area contributed by atoms with Crippen molar-refractivity contribution in [2.75, 3.05) is 19.7 Å². The van der Waals surface area contributed by atoms with Crippen molar-refractivity contribution < 1.29 is 14.6 Å². The molecule has 106 valence electrons. The second kappa shape index (κ2) is 5.89. The fraction of sp³-hybridized carbons (Fsp3) is 0.923. The van der Waals surface area contributed by atoms with Crippen molar-refractivity contribution in [3.05, 3.63) is 0 Å². The number of carbonyl (C=O) groups is 1. The van der Waals surface area contributed by atoms with E-state index >= 15 is 0 Å². The molecule has 0 radical (unpaired) electrons. The van der Waals surface area contributed by atoms with Crippen molar-refractivity contribution in [3.8, 4) is 0 Å². The van der Waals surface area contributed by atoms with Crippen LogP contribution in [0.1, 0.15) is 46.5 Å². The predicted octanol–water partition coefficient (Wildman–Crippen LogP) is 1.49. The molecule has 0 spiro atoms. The molecule has 1 amide bonds. The molecule has 1 unspecified atom stereocenters. The van der Waals surface area contributed by atoms with Crippen LogP contribution in [-0.4, -0.2) is 46.9 Å². The van der Waals surface area contributed by atoms with Crippen molar-refractivity contribution in [2.24, 2.45) is 5.73 Å². The number of amides is 1. The number of hydrogen-bond acceptors (Lipinski definition) is 4. The number of likely N-dealkylation sites (tertiary alicyclic amines) is 1. The van der Waals surface area contributed by atoms with Crippen molar-refractivity contribution in [1.29, 1.82) is 0 Å². The molecule has 1 rings (SSSR count). The molecule has 1 heterocycles. The molecule has 0 aromatic carbocycles. The van der Waals surface area contributed by atoms with Gasteiger partial charge in [0.2, 0.25) is 0 Å². The van der Waals surface area contributed by atoms with Gasteiger partial charge in [-0.1, -0.05) is 0 Å². The Balaban J connectivity index is 2.54. The summed E-state index contributed by atoms with van der Waals surface area (Å²) >= 11 is 0. The molecule has 0 bridgehead atoms. The molecule has 1 atom stereocenters. The fourth-order valence-electron chi connectivity index (χ4n) is 2.20. The number of nitrogens with zero attached hydrogens (tertiary/aromatic N) is 1. The summed E-state index contributed by atoms with van der Waals surface area (Å²) in [6.07, 6.45) is 2.74. The minimum absolute atomic E-state index is 0.100. The summed E-state index contributed by atoms with van der Waals surface area (Å²) in [5.74, 6) is 0. The van der Waals surface area contributed by atoms with Gasteiger partial charge in [0.05, 0.1) is 0 Å². The molecule has 0 aromatic rings. The Morgan fingerprint density at radius 1 is 1.39 bits per heavy atom. The van der Waals surface area contributed by atoms with Gasteiger partial charge in [-0.2, -0.15) is 0 Å². The third kappa shape index (κ3) is 4.82. The molecule has 5 heteroatoms. The van der Waals surface area contributed by atoms with Crippen LogP contribution < -0.4 is 5.73 Å². The van der Waals surface area contributed by atoms with Crippen LogP contribution >= 0.6 is 0 Å². The van der Waals surface area contributed by atoms with Gasteiger partial charge in [0.15, 0.2) is 0 Å². The first kappa shape index (κ1) is 15.2. The molecule has 5 nitrogen and oxygen atoms in total. The van der Waals surface area contributed by atoms with Crippen LogP contribution in [-0.2, 0) is 4.74 Å². The average Bonchev–Trinajstić information content (AvgIpc) is 2.38. The zero-order valence-electron chi connectivity index (χ0n) is 11.7. The maximum Gasteiger partial charge on any atom is 0.410 e. The molecular weight excluding hydrogens is 232 g/mol. The van der Waals surface area contributed by atoms with Gasteiger partial charge >= 0.3 is 6.09 Å². The Morgan fingerprint density at radius 2 is 2.06 bits per heavy atom. The molecule has 0 aromatic heterocycles. The highest BCUT2D eigenvalue weighted by atomic mass is 16.6. The summed E-state index contributed by atoms with van der Waals surface area (Å²) in [6, 6.07) is 0. The van der Waals surface area contributed by atoms with E-state index in [1.54, 1.807) is 4.90 Å². The summed E-state index contributed by atoms with van der Waals surface area (Å²) < 4.78 is 5.36. The molecule has 18 heavy (non-hydrogen) atoms. The van der Waals surface area contributed by atoms with Crippen molar-refractivity contribution in [1.82, 2.24) is 4.90 Å². The third-order valence-electron chi connectivity index (χ3n) is 3.24. The molecule has 1 fully saturated rings. The van der Waals surface area contributed by atoms with Gasteiger partial charge < -0.3 is 20.5 Å². The maximum atomic E-state index is 11.9. The molecule has 3 N–H and O–H groups in total. The van der Waals surface area contributed by atoms with E-state index in [-0.39, 0.29) is 18.2 Å². The van der Waals surface area contributed by atoms with Crippen molar-refractivity contribution in [3.63, 3.8) is 0 Å². The summed E-state index contributed by atoms with van der Waals surface area (Å²) in [5, 5.41) is 9.02. The van der Waals surface area contributed by atoms with Crippen molar-refractivity contribution in [2.45, 2.75) is 57.6 Å². The van der Waals surface area contributed by atoms with Gasteiger partial charge in [-0.05, 0) is 46.5 Å². The summed E-state index contributed by atoms with van der Waals surface area (Å²) in [7, 11) is 0. The number of aliphatic hydroxyl groups is 1. The molecule has 0 aliphatic carbocycles. The number of hydrogen-bond donors (Lipinski definition) is 2. The molecule has 1 aliphatic rings. The summed E-state index contributed by atoms with van der Waals surface area (Å²) in [5.41, 5.74) is 5.41. The molecule has 1 saturated heterocycles.